The summed E-state index contributed by atoms with van der Waals surface area (Å²) in [5.74, 6) is 1.45. The molecule has 1 fully saturated rings. The molecule has 1 aliphatic heterocycles. The number of rotatable bonds is 2. The van der Waals surface area contributed by atoms with Crippen molar-refractivity contribution in [3.8, 4) is 5.88 Å². The molecule has 0 aliphatic carbocycles. The van der Waals surface area contributed by atoms with Gasteiger partial charge in [0.2, 0.25) is 0 Å². The average Bonchev–Trinajstić information content (AvgIpc) is 2.46. The third-order valence-corrected chi connectivity index (χ3v) is 3.49. The molecule has 3 rings (SSSR count). The minimum absolute atomic E-state index is 0. The molecule has 0 bridgehead atoms. The Morgan fingerprint density at radius 1 is 1.25 bits per heavy atom. The van der Waals surface area contributed by atoms with Crippen molar-refractivity contribution in [3.05, 3.63) is 24.3 Å². The van der Waals surface area contributed by atoms with E-state index in [1.165, 1.54) is 0 Å². The number of para-hydroxylation sites is 2. The Kier molecular flexibility index (Phi) is 4.62. The fraction of sp³-hybridized carbons (Fsp3) is 0.429. The van der Waals surface area contributed by atoms with Gasteiger partial charge in [-0.2, -0.15) is 0 Å². The lowest BCUT2D eigenvalue weighted by atomic mass is 10.2. The molecule has 1 saturated heterocycles. The van der Waals surface area contributed by atoms with Gasteiger partial charge >= 0.3 is 0 Å². The highest BCUT2D eigenvalue weighted by molar-refractivity contribution is 5.85. The first-order chi connectivity index (χ1) is 9.29. The van der Waals surface area contributed by atoms with Crippen LogP contribution in [0.25, 0.3) is 11.0 Å². The molecule has 0 saturated carbocycles. The third kappa shape index (κ3) is 2.64. The second-order valence-electron chi connectivity index (χ2n) is 4.79. The van der Waals surface area contributed by atoms with E-state index in [4.69, 9.17) is 9.72 Å². The van der Waals surface area contributed by atoms with E-state index in [1.54, 1.807) is 7.11 Å². The first-order valence-corrected chi connectivity index (χ1v) is 6.57. The molecule has 1 unspecified atom stereocenters. The van der Waals surface area contributed by atoms with Crippen LogP contribution in [0, 0.1) is 0 Å². The molecule has 2 heterocycles. The van der Waals surface area contributed by atoms with E-state index in [0.717, 1.165) is 36.5 Å². The molecular formula is C14H19ClN4O. The Labute approximate surface area is 124 Å². The SMILES string of the molecule is COc1nc2ccccc2nc1N1CCNCC1C.Cl. The normalized spacial score (nSPS) is 18.7. The number of hydrogen-bond acceptors (Lipinski definition) is 5. The summed E-state index contributed by atoms with van der Waals surface area (Å²) in [4.78, 5) is 11.5. The molecule has 0 spiro atoms. The standard InChI is InChI=1S/C14H18N4O.ClH/c1-10-9-15-7-8-18(10)13-14(19-2)17-12-6-4-3-5-11(12)16-13;/h3-6,10,15H,7-9H2,1-2H3;1H. The number of piperazine rings is 1. The van der Waals surface area contributed by atoms with Crippen molar-refractivity contribution in [1.29, 1.82) is 0 Å². The summed E-state index contributed by atoms with van der Waals surface area (Å²) in [5.41, 5.74) is 1.77. The van der Waals surface area contributed by atoms with Crippen molar-refractivity contribution in [1.82, 2.24) is 15.3 Å². The van der Waals surface area contributed by atoms with Gasteiger partial charge < -0.3 is 15.0 Å². The maximum atomic E-state index is 5.42. The highest BCUT2D eigenvalue weighted by Crippen LogP contribution is 2.28. The van der Waals surface area contributed by atoms with E-state index < -0.39 is 0 Å². The molecule has 20 heavy (non-hydrogen) atoms. The Bertz CT molecular complexity index is 592. The molecule has 1 aromatic carbocycles. The molecule has 0 amide bonds. The third-order valence-electron chi connectivity index (χ3n) is 3.49. The van der Waals surface area contributed by atoms with Gasteiger partial charge in [0.25, 0.3) is 5.88 Å². The van der Waals surface area contributed by atoms with Crippen molar-refractivity contribution < 1.29 is 4.74 Å². The van der Waals surface area contributed by atoms with Crippen LogP contribution in [0.5, 0.6) is 5.88 Å². The van der Waals surface area contributed by atoms with Gasteiger partial charge in [-0.3, -0.25) is 0 Å². The van der Waals surface area contributed by atoms with Crippen molar-refractivity contribution in [2.75, 3.05) is 31.6 Å². The molecule has 5 nitrogen and oxygen atoms in total. The van der Waals surface area contributed by atoms with Crippen molar-refractivity contribution in [2.24, 2.45) is 0 Å². The van der Waals surface area contributed by atoms with E-state index in [2.05, 4.69) is 22.1 Å². The van der Waals surface area contributed by atoms with Gasteiger partial charge in [-0.15, -0.1) is 12.4 Å². The number of hydrogen-bond donors (Lipinski definition) is 1. The van der Waals surface area contributed by atoms with E-state index in [9.17, 15) is 0 Å². The summed E-state index contributed by atoms with van der Waals surface area (Å²) >= 11 is 0. The monoisotopic (exact) mass is 294 g/mol. The predicted octanol–water partition coefficient (Wildman–Crippen LogP) is 1.86. The minimum atomic E-state index is 0. The van der Waals surface area contributed by atoms with Gasteiger partial charge in [0.1, 0.15) is 0 Å². The van der Waals surface area contributed by atoms with Crippen LogP contribution in [0.4, 0.5) is 5.82 Å². The van der Waals surface area contributed by atoms with Gasteiger partial charge in [-0.05, 0) is 19.1 Å². The van der Waals surface area contributed by atoms with E-state index in [1.807, 2.05) is 24.3 Å². The maximum absolute atomic E-state index is 5.42. The van der Waals surface area contributed by atoms with E-state index in [0.29, 0.717) is 11.9 Å². The van der Waals surface area contributed by atoms with Crippen LogP contribution in [0.15, 0.2) is 24.3 Å². The van der Waals surface area contributed by atoms with Gasteiger partial charge in [-0.1, -0.05) is 12.1 Å². The number of fused-ring (bicyclic) bond motifs is 1. The van der Waals surface area contributed by atoms with Gasteiger partial charge in [0.15, 0.2) is 5.82 Å². The quantitative estimate of drug-likeness (QED) is 0.916. The highest BCUT2D eigenvalue weighted by Gasteiger charge is 2.23. The lowest BCUT2D eigenvalue weighted by Gasteiger charge is -2.35. The van der Waals surface area contributed by atoms with E-state index >= 15 is 0 Å². The Morgan fingerprint density at radius 3 is 2.60 bits per heavy atom. The summed E-state index contributed by atoms with van der Waals surface area (Å²) in [5, 5.41) is 3.38. The molecule has 1 N–H and O–H groups in total. The average molecular weight is 295 g/mol. The first-order valence-electron chi connectivity index (χ1n) is 6.57. The molecule has 2 aromatic rings. The zero-order chi connectivity index (χ0) is 13.2. The maximum Gasteiger partial charge on any atom is 0.257 e. The van der Waals surface area contributed by atoms with Gasteiger partial charge in [0, 0.05) is 25.7 Å². The second-order valence-corrected chi connectivity index (χ2v) is 4.79. The summed E-state index contributed by atoms with van der Waals surface area (Å²) in [7, 11) is 1.65. The molecule has 1 atom stereocenters. The van der Waals surface area contributed by atoms with Crippen molar-refractivity contribution >= 4 is 29.3 Å². The number of nitrogens with one attached hydrogen (secondary N) is 1. The van der Waals surface area contributed by atoms with Crippen LogP contribution in [-0.4, -0.2) is 42.8 Å². The largest absolute Gasteiger partial charge is 0.478 e. The number of benzene rings is 1. The summed E-state index contributed by atoms with van der Waals surface area (Å²) in [6, 6.07) is 8.27. The number of methoxy groups -OCH3 is 1. The summed E-state index contributed by atoms with van der Waals surface area (Å²) < 4.78 is 5.42. The smallest absolute Gasteiger partial charge is 0.257 e. The fourth-order valence-electron chi connectivity index (χ4n) is 2.45. The predicted molar refractivity (Wildman–Crippen MR) is 83.0 cm³/mol. The Hall–Kier alpha value is -1.59. The molecule has 6 heteroatoms. The van der Waals surface area contributed by atoms with Crippen LogP contribution in [-0.2, 0) is 0 Å². The topological polar surface area (TPSA) is 50.3 Å². The lowest BCUT2D eigenvalue weighted by molar-refractivity contribution is 0.392. The Morgan fingerprint density at radius 2 is 1.95 bits per heavy atom. The summed E-state index contributed by atoms with van der Waals surface area (Å²) in [6.45, 7) is 5.02. The van der Waals surface area contributed by atoms with Crippen molar-refractivity contribution in [3.63, 3.8) is 0 Å². The molecule has 0 radical (unpaired) electrons. The number of aromatic nitrogens is 2. The van der Waals surface area contributed by atoms with Gasteiger partial charge in [0.05, 0.1) is 18.1 Å². The lowest BCUT2D eigenvalue weighted by Crippen LogP contribution is -2.50. The van der Waals surface area contributed by atoms with Crippen LogP contribution in [0.2, 0.25) is 0 Å². The second kappa shape index (κ2) is 6.24. The fourth-order valence-corrected chi connectivity index (χ4v) is 2.45. The van der Waals surface area contributed by atoms with Crippen LogP contribution in [0.1, 0.15) is 6.92 Å². The van der Waals surface area contributed by atoms with Crippen LogP contribution >= 0.6 is 12.4 Å². The zero-order valence-electron chi connectivity index (χ0n) is 11.7. The van der Waals surface area contributed by atoms with Crippen molar-refractivity contribution in [2.45, 2.75) is 13.0 Å². The van der Waals surface area contributed by atoms with Gasteiger partial charge in [-0.25, -0.2) is 9.97 Å². The summed E-state index contributed by atoms with van der Waals surface area (Å²) in [6.07, 6.45) is 0. The van der Waals surface area contributed by atoms with Crippen LogP contribution in [0.3, 0.4) is 0 Å². The van der Waals surface area contributed by atoms with Crippen LogP contribution < -0.4 is 15.0 Å². The number of ether oxygens (including phenoxy) is 1. The number of halogens is 1. The zero-order valence-corrected chi connectivity index (χ0v) is 12.5. The minimum Gasteiger partial charge on any atom is -0.478 e. The number of nitrogens with zero attached hydrogens (tertiary/aromatic N) is 3. The molecule has 1 aromatic heterocycles. The Balaban J connectivity index is 0.00000147. The first kappa shape index (κ1) is 14.8. The highest BCUT2D eigenvalue weighted by atomic mass is 35.5. The molecular weight excluding hydrogens is 276 g/mol. The molecule has 1 aliphatic rings. The number of anilines is 1. The molecule has 108 valence electrons. The van der Waals surface area contributed by atoms with E-state index in [-0.39, 0.29) is 12.4 Å².